The van der Waals surface area contributed by atoms with E-state index in [1.54, 1.807) is 0 Å². The molecule has 114 valence electrons. The number of amides is 1. The molecule has 2 rings (SSSR count). The highest BCUT2D eigenvalue weighted by Gasteiger charge is 2.24. The van der Waals surface area contributed by atoms with Gasteiger partial charge >= 0.3 is 0 Å². The smallest absolute Gasteiger partial charge is 0.285 e. The second-order valence-corrected chi connectivity index (χ2v) is 4.88. The Morgan fingerprint density at radius 2 is 1.95 bits per heavy atom. The number of carbonyl (C=O) groups is 1. The van der Waals surface area contributed by atoms with Crippen molar-refractivity contribution in [1.29, 1.82) is 0 Å². The van der Waals surface area contributed by atoms with Gasteiger partial charge in [0.15, 0.2) is 11.6 Å². The summed E-state index contributed by atoms with van der Waals surface area (Å²) >= 11 is 0. The maximum Gasteiger partial charge on any atom is 0.285 e. The van der Waals surface area contributed by atoms with Crippen molar-refractivity contribution >= 4 is 11.6 Å². The molecule has 1 aliphatic carbocycles. The summed E-state index contributed by atoms with van der Waals surface area (Å²) in [4.78, 5) is 21.7. The van der Waals surface area contributed by atoms with Crippen LogP contribution >= 0.6 is 0 Å². The highest BCUT2D eigenvalue weighted by molar-refractivity contribution is 5.98. The van der Waals surface area contributed by atoms with Crippen LogP contribution in [0.2, 0.25) is 0 Å². The largest absolute Gasteiger partial charge is 0.352 e. The van der Waals surface area contributed by atoms with Crippen LogP contribution in [0.25, 0.3) is 0 Å². The lowest BCUT2D eigenvalue weighted by atomic mass is 10.1. The predicted octanol–water partition coefficient (Wildman–Crippen LogP) is 1.74. The van der Waals surface area contributed by atoms with Crippen LogP contribution in [0.3, 0.4) is 0 Å². The van der Waals surface area contributed by atoms with E-state index in [2.05, 4.69) is 10.6 Å². The highest BCUT2D eigenvalue weighted by atomic mass is 19.2. The fraction of sp³-hybridized carbons (Fsp3) is 0.462. The fourth-order valence-corrected chi connectivity index (χ4v) is 1.85. The Bertz CT molecular complexity index is 562. The number of carbonyl (C=O) groups excluding carboxylic acids is 1. The van der Waals surface area contributed by atoms with E-state index in [4.69, 9.17) is 0 Å². The molecule has 6 nitrogen and oxygen atoms in total. The predicted molar refractivity (Wildman–Crippen MR) is 71.0 cm³/mol. The number of nitro groups is 1. The maximum atomic E-state index is 13.1. The minimum atomic E-state index is -1.35. The first-order valence-electron chi connectivity index (χ1n) is 6.64. The van der Waals surface area contributed by atoms with E-state index in [1.165, 1.54) is 0 Å². The molecule has 1 fully saturated rings. The second-order valence-electron chi connectivity index (χ2n) is 4.88. The molecule has 0 saturated heterocycles. The van der Waals surface area contributed by atoms with Crippen molar-refractivity contribution in [2.24, 2.45) is 0 Å². The Balaban J connectivity index is 1.93. The number of hydrogen-bond acceptors (Lipinski definition) is 4. The standard InChI is InChI=1S/C13H15F2N3O3/c14-10-6-9(12(18(20)21)7-11(10)15)13(19)17-5-1-4-16-8-2-3-8/h6-8,16H,1-5H2,(H,17,19). The van der Waals surface area contributed by atoms with Crippen molar-refractivity contribution in [2.45, 2.75) is 25.3 Å². The number of hydrogen-bond donors (Lipinski definition) is 2. The van der Waals surface area contributed by atoms with E-state index in [0.29, 0.717) is 31.1 Å². The van der Waals surface area contributed by atoms with E-state index in [0.717, 1.165) is 19.4 Å². The Hall–Kier alpha value is -2.09. The molecule has 0 atom stereocenters. The zero-order chi connectivity index (χ0) is 15.4. The van der Waals surface area contributed by atoms with Crippen molar-refractivity contribution in [3.05, 3.63) is 39.4 Å². The third kappa shape index (κ3) is 4.19. The van der Waals surface area contributed by atoms with Gasteiger partial charge in [-0.2, -0.15) is 0 Å². The molecule has 0 aliphatic heterocycles. The number of nitrogens with zero attached hydrogens (tertiary/aromatic N) is 1. The Kier molecular flexibility index (Phi) is 4.79. The normalized spacial score (nSPS) is 14.0. The molecule has 1 amide bonds. The Morgan fingerprint density at radius 3 is 2.57 bits per heavy atom. The number of benzene rings is 1. The van der Waals surface area contributed by atoms with Crippen molar-refractivity contribution in [3.8, 4) is 0 Å². The first-order valence-corrected chi connectivity index (χ1v) is 6.64. The number of halogens is 2. The molecule has 1 aromatic rings. The molecule has 2 N–H and O–H groups in total. The van der Waals surface area contributed by atoms with E-state index in [9.17, 15) is 23.7 Å². The highest BCUT2D eigenvalue weighted by Crippen LogP contribution is 2.22. The lowest BCUT2D eigenvalue weighted by Crippen LogP contribution is -2.28. The van der Waals surface area contributed by atoms with Gasteiger partial charge in [-0.05, 0) is 31.9 Å². The summed E-state index contributed by atoms with van der Waals surface area (Å²) < 4.78 is 26.1. The molecule has 0 radical (unpaired) electrons. The van der Waals surface area contributed by atoms with Gasteiger partial charge in [-0.3, -0.25) is 14.9 Å². The molecule has 0 spiro atoms. The van der Waals surface area contributed by atoms with Gasteiger partial charge < -0.3 is 10.6 Å². The van der Waals surface area contributed by atoms with Crippen LogP contribution < -0.4 is 10.6 Å². The topological polar surface area (TPSA) is 84.3 Å². The van der Waals surface area contributed by atoms with Crippen molar-refractivity contribution in [3.63, 3.8) is 0 Å². The van der Waals surface area contributed by atoms with Gasteiger partial charge in [0.2, 0.25) is 0 Å². The van der Waals surface area contributed by atoms with Gasteiger partial charge in [0.05, 0.1) is 11.0 Å². The van der Waals surface area contributed by atoms with Gasteiger partial charge in [-0.25, -0.2) is 8.78 Å². The minimum absolute atomic E-state index is 0.300. The molecule has 8 heteroatoms. The Morgan fingerprint density at radius 1 is 1.29 bits per heavy atom. The van der Waals surface area contributed by atoms with Crippen LogP contribution in [0.15, 0.2) is 12.1 Å². The van der Waals surface area contributed by atoms with E-state index >= 15 is 0 Å². The summed E-state index contributed by atoms with van der Waals surface area (Å²) in [5.41, 5.74) is -1.23. The molecule has 1 aliphatic rings. The fourth-order valence-electron chi connectivity index (χ4n) is 1.85. The zero-order valence-electron chi connectivity index (χ0n) is 11.2. The summed E-state index contributed by atoms with van der Waals surface area (Å²) in [6.45, 7) is 1.03. The van der Waals surface area contributed by atoms with Crippen LogP contribution in [0, 0.1) is 21.7 Å². The molecular formula is C13H15F2N3O3. The first kappa shape index (κ1) is 15.3. The molecule has 21 heavy (non-hydrogen) atoms. The molecule has 1 aromatic carbocycles. The summed E-state index contributed by atoms with van der Waals surface area (Å²) in [5, 5.41) is 16.5. The summed E-state index contributed by atoms with van der Waals surface area (Å²) in [6, 6.07) is 1.53. The monoisotopic (exact) mass is 299 g/mol. The van der Waals surface area contributed by atoms with Gasteiger partial charge in [-0.1, -0.05) is 0 Å². The average Bonchev–Trinajstić information content (AvgIpc) is 3.24. The third-order valence-electron chi connectivity index (χ3n) is 3.13. The van der Waals surface area contributed by atoms with Gasteiger partial charge in [-0.15, -0.1) is 0 Å². The molecule has 1 saturated carbocycles. The van der Waals surface area contributed by atoms with Crippen LogP contribution in [0.1, 0.15) is 29.6 Å². The summed E-state index contributed by atoms with van der Waals surface area (Å²) in [6.07, 6.45) is 2.97. The van der Waals surface area contributed by atoms with Crippen LogP contribution in [-0.2, 0) is 0 Å². The van der Waals surface area contributed by atoms with E-state index in [1.807, 2.05) is 0 Å². The lowest BCUT2D eigenvalue weighted by Gasteiger charge is -2.07. The molecule has 0 aromatic heterocycles. The molecule has 0 unspecified atom stereocenters. The van der Waals surface area contributed by atoms with Crippen LogP contribution in [-0.4, -0.2) is 30.0 Å². The molecule has 0 heterocycles. The lowest BCUT2D eigenvalue weighted by molar-refractivity contribution is -0.385. The molecule has 0 bridgehead atoms. The van der Waals surface area contributed by atoms with Gasteiger partial charge in [0.1, 0.15) is 5.56 Å². The minimum Gasteiger partial charge on any atom is -0.352 e. The molecular weight excluding hydrogens is 284 g/mol. The van der Waals surface area contributed by atoms with E-state index < -0.39 is 33.7 Å². The zero-order valence-corrected chi connectivity index (χ0v) is 11.2. The van der Waals surface area contributed by atoms with Gasteiger partial charge in [0, 0.05) is 12.6 Å². The summed E-state index contributed by atoms with van der Waals surface area (Å²) in [7, 11) is 0. The summed E-state index contributed by atoms with van der Waals surface area (Å²) in [5.74, 6) is -3.43. The quantitative estimate of drug-likeness (QED) is 0.456. The average molecular weight is 299 g/mol. The second kappa shape index (κ2) is 6.57. The van der Waals surface area contributed by atoms with Gasteiger partial charge in [0.25, 0.3) is 11.6 Å². The first-order chi connectivity index (χ1) is 9.99. The third-order valence-corrected chi connectivity index (χ3v) is 3.13. The van der Waals surface area contributed by atoms with Crippen molar-refractivity contribution in [2.75, 3.05) is 13.1 Å². The maximum absolute atomic E-state index is 13.1. The van der Waals surface area contributed by atoms with E-state index in [-0.39, 0.29) is 0 Å². The Labute approximate surface area is 119 Å². The number of rotatable bonds is 7. The van der Waals surface area contributed by atoms with Crippen molar-refractivity contribution < 1.29 is 18.5 Å². The van der Waals surface area contributed by atoms with Crippen LogP contribution in [0.5, 0.6) is 0 Å². The number of nitrogens with one attached hydrogen (secondary N) is 2. The van der Waals surface area contributed by atoms with Crippen molar-refractivity contribution in [1.82, 2.24) is 10.6 Å². The SMILES string of the molecule is O=C(NCCCNC1CC1)c1cc(F)c(F)cc1[N+](=O)[O-]. The van der Waals surface area contributed by atoms with Crippen LogP contribution in [0.4, 0.5) is 14.5 Å². The number of nitro benzene ring substituents is 1.